The minimum absolute atomic E-state index is 0.0347. The highest BCUT2D eigenvalue weighted by Crippen LogP contribution is 2.28. The maximum Gasteiger partial charge on any atom is 0.200 e. The normalized spacial score (nSPS) is 10.3. The lowest BCUT2D eigenvalue weighted by Gasteiger charge is -2.09. The first-order valence-corrected chi connectivity index (χ1v) is 7.06. The van der Waals surface area contributed by atoms with E-state index in [-0.39, 0.29) is 46.6 Å². The fourth-order valence-corrected chi connectivity index (χ4v) is 1.97. The number of ether oxygens (including phenoxy) is 1. The Morgan fingerprint density at radius 2 is 1.48 bits per heavy atom. The molecule has 0 aliphatic rings. The van der Waals surface area contributed by atoms with Gasteiger partial charge in [-0.05, 0) is 36.4 Å². The highest BCUT2D eigenvalue weighted by Gasteiger charge is 2.13. The van der Waals surface area contributed by atoms with Gasteiger partial charge in [-0.25, -0.2) is 0 Å². The molecule has 0 spiro atoms. The molecule has 2 aromatic rings. The van der Waals surface area contributed by atoms with Gasteiger partial charge < -0.3 is 20.1 Å². The molecule has 0 radical (unpaired) electrons. The van der Waals surface area contributed by atoms with E-state index < -0.39 is 11.5 Å². The van der Waals surface area contributed by atoms with Crippen molar-refractivity contribution in [3.05, 3.63) is 47.5 Å². The van der Waals surface area contributed by atoms with E-state index in [1.54, 1.807) is 0 Å². The van der Waals surface area contributed by atoms with Crippen LogP contribution in [-0.2, 0) is 0 Å². The van der Waals surface area contributed by atoms with Crippen LogP contribution in [0.5, 0.6) is 23.0 Å². The van der Waals surface area contributed by atoms with E-state index in [0.717, 1.165) is 6.07 Å². The first-order valence-electron chi connectivity index (χ1n) is 6.52. The molecule has 0 atom stereocenters. The van der Waals surface area contributed by atoms with Gasteiger partial charge >= 0.3 is 0 Å². The number of carbonyl (C=O) groups excluding carboxylic acids is 2. The maximum absolute atomic E-state index is 11.9. The molecule has 120 valence electrons. The fraction of sp³-hybridized carbons (Fsp3) is 0.125. The van der Waals surface area contributed by atoms with Crippen LogP contribution in [-0.4, -0.2) is 39.4 Å². The van der Waals surface area contributed by atoms with Crippen molar-refractivity contribution >= 4 is 23.2 Å². The van der Waals surface area contributed by atoms with Crippen molar-refractivity contribution in [2.75, 3.05) is 12.5 Å². The molecule has 2 rings (SSSR count). The van der Waals surface area contributed by atoms with Gasteiger partial charge in [0, 0.05) is 11.1 Å². The molecule has 0 aliphatic heterocycles. The second kappa shape index (κ2) is 7.02. The summed E-state index contributed by atoms with van der Waals surface area (Å²) < 4.78 is 5.20. The maximum atomic E-state index is 11.9. The monoisotopic (exact) mass is 336 g/mol. The third-order valence-electron chi connectivity index (χ3n) is 3.06. The lowest BCUT2D eigenvalue weighted by Crippen LogP contribution is -2.11. The summed E-state index contributed by atoms with van der Waals surface area (Å²) in [6.45, 7) is -0.388. The Balaban J connectivity index is 2.07. The highest BCUT2D eigenvalue weighted by atomic mass is 35.5. The number of rotatable bonds is 6. The second-order valence-electron chi connectivity index (χ2n) is 4.65. The first kappa shape index (κ1) is 16.6. The van der Waals surface area contributed by atoms with Gasteiger partial charge in [-0.1, -0.05) is 0 Å². The van der Waals surface area contributed by atoms with Gasteiger partial charge in [0.05, 0.1) is 5.88 Å². The van der Waals surface area contributed by atoms with Crippen LogP contribution in [0, 0.1) is 0 Å². The van der Waals surface area contributed by atoms with Crippen LogP contribution in [0.15, 0.2) is 36.4 Å². The second-order valence-corrected chi connectivity index (χ2v) is 4.92. The van der Waals surface area contributed by atoms with Gasteiger partial charge in [0.25, 0.3) is 0 Å². The first-order chi connectivity index (χ1) is 10.9. The SMILES string of the molecule is O=C(CCl)c1ccc(OCC(=O)c2ccc(O)c(O)c2)c(O)c1. The van der Waals surface area contributed by atoms with Crippen molar-refractivity contribution < 1.29 is 29.6 Å². The van der Waals surface area contributed by atoms with E-state index in [4.69, 9.17) is 16.3 Å². The van der Waals surface area contributed by atoms with Gasteiger partial charge in [-0.15, -0.1) is 11.6 Å². The number of hydrogen-bond acceptors (Lipinski definition) is 6. The van der Waals surface area contributed by atoms with Crippen LogP contribution >= 0.6 is 11.6 Å². The van der Waals surface area contributed by atoms with E-state index >= 15 is 0 Å². The zero-order valence-electron chi connectivity index (χ0n) is 11.8. The molecule has 0 aromatic heterocycles. The number of carbonyl (C=O) groups is 2. The molecule has 0 saturated carbocycles. The molecule has 23 heavy (non-hydrogen) atoms. The average Bonchev–Trinajstić information content (AvgIpc) is 2.55. The Morgan fingerprint density at radius 3 is 2.09 bits per heavy atom. The Bertz CT molecular complexity index is 756. The van der Waals surface area contributed by atoms with E-state index in [1.807, 2.05) is 0 Å². The average molecular weight is 337 g/mol. The standard InChI is InChI=1S/C16H13ClO6/c17-7-14(21)9-2-4-16(13(20)6-9)23-8-15(22)10-1-3-11(18)12(19)5-10/h1-6,18-20H,7-8H2. The lowest BCUT2D eigenvalue weighted by atomic mass is 10.1. The third kappa shape index (κ3) is 3.92. The summed E-state index contributed by atoms with van der Waals surface area (Å²) in [4.78, 5) is 23.3. The Morgan fingerprint density at radius 1 is 0.870 bits per heavy atom. The van der Waals surface area contributed by atoms with Crippen LogP contribution in [0.4, 0.5) is 0 Å². The molecule has 0 heterocycles. The van der Waals surface area contributed by atoms with Crippen LogP contribution in [0.1, 0.15) is 20.7 Å². The largest absolute Gasteiger partial charge is 0.504 e. The molecule has 0 aliphatic carbocycles. The minimum Gasteiger partial charge on any atom is -0.504 e. The van der Waals surface area contributed by atoms with Crippen molar-refractivity contribution in [1.29, 1.82) is 0 Å². The summed E-state index contributed by atoms with van der Waals surface area (Å²) in [5.74, 6) is -2.01. The predicted octanol–water partition coefficient (Wildman–Crippen LogP) is 2.49. The van der Waals surface area contributed by atoms with Crippen molar-refractivity contribution in [2.24, 2.45) is 0 Å². The Labute approximate surface area is 136 Å². The number of aromatic hydroxyl groups is 3. The number of alkyl halides is 1. The summed E-state index contributed by atoms with van der Waals surface area (Å²) in [6, 6.07) is 7.63. The summed E-state index contributed by atoms with van der Waals surface area (Å²) in [5, 5.41) is 28.4. The van der Waals surface area contributed by atoms with Crippen LogP contribution in [0.2, 0.25) is 0 Å². The topological polar surface area (TPSA) is 104 Å². The van der Waals surface area contributed by atoms with Gasteiger partial charge in [-0.3, -0.25) is 9.59 Å². The number of hydrogen-bond donors (Lipinski definition) is 3. The van der Waals surface area contributed by atoms with E-state index in [0.29, 0.717) is 0 Å². The Kier molecular flexibility index (Phi) is 5.08. The smallest absolute Gasteiger partial charge is 0.200 e. The van der Waals surface area contributed by atoms with Crippen molar-refractivity contribution in [3.8, 4) is 23.0 Å². The fourth-order valence-electron chi connectivity index (χ4n) is 1.81. The van der Waals surface area contributed by atoms with Crippen molar-refractivity contribution in [3.63, 3.8) is 0 Å². The van der Waals surface area contributed by atoms with Crippen molar-refractivity contribution in [1.82, 2.24) is 0 Å². The van der Waals surface area contributed by atoms with Gasteiger partial charge in [0.1, 0.15) is 0 Å². The molecule has 0 bridgehead atoms. The van der Waals surface area contributed by atoms with E-state index in [9.17, 15) is 24.9 Å². The molecule has 0 fully saturated rings. The van der Waals surface area contributed by atoms with Gasteiger partial charge in [0.2, 0.25) is 0 Å². The summed E-state index contributed by atoms with van der Waals surface area (Å²) >= 11 is 5.43. The van der Waals surface area contributed by atoms with Gasteiger partial charge in [-0.2, -0.15) is 0 Å². The van der Waals surface area contributed by atoms with Crippen LogP contribution in [0.25, 0.3) is 0 Å². The molecular weight excluding hydrogens is 324 g/mol. The molecule has 0 unspecified atom stereocenters. The van der Waals surface area contributed by atoms with E-state index in [2.05, 4.69) is 0 Å². The Hall–Kier alpha value is -2.73. The lowest BCUT2D eigenvalue weighted by molar-refractivity contribution is 0.0918. The number of ketones is 2. The number of phenolic OH excluding ortho intramolecular Hbond substituents is 3. The third-order valence-corrected chi connectivity index (χ3v) is 3.30. The van der Waals surface area contributed by atoms with Crippen LogP contribution < -0.4 is 4.74 Å². The minimum atomic E-state index is -0.458. The molecule has 3 N–H and O–H groups in total. The number of Topliss-reactive ketones (excluding diaryl/α,β-unsaturated/α-hetero) is 2. The predicted molar refractivity (Wildman–Crippen MR) is 82.8 cm³/mol. The van der Waals surface area contributed by atoms with Gasteiger partial charge in [0.15, 0.2) is 41.2 Å². The molecule has 0 amide bonds. The highest BCUT2D eigenvalue weighted by molar-refractivity contribution is 6.30. The van der Waals surface area contributed by atoms with Crippen molar-refractivity contribution in [2.45, 2.75) is 0 Å². The number of halogens is 1. The van der Waals surface area contributed by atoms with E-state index in [1.165, 1.54) is 30.3 Å². The van der Waals surface area contributed by atoms with Crippen LogP contribution in [0.3, 0.4) is 0 Å². The molecule has 2 aromatic carbocycles. The number of benzene rings is 2. The summed E-state index contributed by atoms with van der Waals surface area (Å²) in [6.07, 6.45) is 0. The summed E-state index contributed by atoms with van der Waals surface area (Å²) in [5.41, 5.74) is 0.383. The zero-order chi connectivity index (χ0) is 17.0. The molecule has 0 saturated heterocycles. The quantitative estimate of drug-likeness (QED) is 0.425. The zero-order valence-corrected chi connectivity index (χ0v) is 12.6. The molecular formula is C16H13ClO6. The summed E-state index contributed by atoms with van der Waals surface area (Å²) in [7, 11) is 0. The number of phenols is 3. The molecule has 7 heteroatoms. The molecule has 6 nitrogen and oxygen atoms in total.